The van der Waals surface area contributed by atoms with Crippen LogP contribution in [0.4, 0.5) is 4.79 Å². The van der Waals surface area contributed by atoms with E-state index in [0.29, 0.717) is 13.2 Å². The van der Waals surface area contributed by atoms with Gasteiger partial charge in [0.2, 0.25) is 0 Å². The molecule has 0 aliphatic carbocycles. The zero-order valence-corrected chi connectivity index (χ0v) is 7.41. The SMILES string of the molecule is CCOCCOC(=O)O.[Mg+2]. The number of hydrogen-bond donors (Lipinski definition) is 1. The molecule has 0 aromatic carbocycles. The molecule has 5 heteroatoms. The number of ether oxygens (including phenoxy) is 2. The summed E-state index contributed by atoms with van der Waals surface area (Å²) in [7, 11) is 0. The van der Waals surface area contributed by atoms with Gasteiger partial charge in [-0.05, 0) is 6.92 Å². The maximum absolute atomic E-state index is 9.68. The van der Waals surface area contributed by atoms with Crippen molar-refractivity contribution in [3.63, 3.8) is 0 Å². The van der Waals surface area contributed by atoms with Crippen molar-refractivity contribution in [2.24, 2.45) is 0 Å². The predicted molar refractivity (Wildman–Crippen MR) is 36.2 cm³/mol. The summed E-state index contributed by atoms with van der Waals surface area (Å²) >= 11 is 0. The summed E-state index contributed by atoms with van der Waals surface area (Å²) < 4.78 is 8.93. The van der Waals surface area contributed by atoms with E-state index in [1.165, 1.54) is 0 Å². The number of carboxylic acid groups (broad SMARTS) is 1. The second kappa shape index (κ2) is 9.00. The molecule has 0 radical (unpaired) electrons. The number of carbonyl (C=O) groups is 1. The van der Waals surface area contributed by atoms with E-state index in [0.717, 1.165) is 0 Å². The van der Waals surface area contributed by atoms with Crippen molar-refractivity contribution < 1.29 is 19.4 Å². The average molecular weight is 158 g/mol. The zero-order chi connectivity index (χ0) is 7.11. The third-order valence-electron chi connectivity index (χ3n) is 0.657. The van der Waals surface area contributed by atoms with Crippen LogP contribution in [0.5, 0.6) is 0 Å². The van der Waals surface area contributed by atoms with Crippen molar-refractivity contribution in [2.45, 2.75) is 6.92 Å². The first-order valence-electron chi connectivity index (χ1n) is 2.70. The maximum Gasteiger partial charge on any atom is 2.00 e. The minimum absolute atomic E-state index is 0. The number of hydrogen-bond acceptors (Lipinski definition) is 3. The minimum Gasteiger partial charge on any atom is -0.450 e. The van der Waals surface area contributed by atoms with Gasteiger partial charge in [0.05, 0.1) is 6.61 Å². The van der Waals surface area contributed by atoms with E-state index >= 15 is 0 Å². The van der Waals surface area contributed by atoms with Gasteiger partial charge in [-0.25, -0.2) is 4.79 Å². The van der Waals surface area contributed by atoms with Crippen molar-refractivity contribution in [1.29, 1.82) is 0 Å². The van der Waals surface area contributed by atoms with Gasteiger partial charge >= 0.3 is 29.2 Å². The minimum atomic E-state index is -1.25. The molecule has 0 bridgehead atoms. The van der Waals surface area contributed by atoms with Crippen LogP contribution < -0.4 is 0 Å². The van der Waals surface area contributed by atoms with Gasteiger partial charge in [-0.2, -0.15) is 0 Å². The quantitative estimate of drug-likeness (QED) is 0.364. The fourth-order valence-electron chi connectivity index (χ4n) is 0.332. The first-order chi connectivity index (χ1) is 4.27. The molecule has 0 heterocycles. The molecular formula is C5H10MgO4+2. The molecule has 0 amide bonds. The Labute approximate surface area is 75.7 Å². The Morgan fingerprint density at radius 2 is 2.10 bits per heavy atom. The first-order valence-corrected chi connectivity index (χ1v) is 2.70. The van der Waals surface area contributed by atoms with E-state index < -0.39 is 6.16 Å². The molecule has 10 heavy (non-hydrogen) atoms. The van der Waals surface area contributed by atoms with Crippen LogP contribution in [0.3, 0.4) is 0 Å². The maximum atomic E-state index is 9.68. The van der Waals surface area contributed by atoms with Gasteiger partial charge in [-0.15, -0.1) is 0 Å². The molecule has 0 fully saturated rings. The molecule has 0 rings (SSSR count). The van der Waals surface area contributed by atoms with E-state index in [9.17, 15) is 4.79 Å². The van der Waals surface area contributed by atoms with Gasteiger partial charge in [0.1, 0.15) is 6.61 Å². The van der Waals surface area contributed by atoms with Crippen LogP contribution in [0, 0.1) is 0 Å². The summed E-state index contributed by atoms with van der Waals surface area (Å²) in [6, 6.07) is 0. The van der Waals surface area contributed by atoms with Crippen LogP contribution in [-0.2, 0) is 9.47 Å². The van der Waals surface area contributed by atoms with Crippen molar-refractivity contribution in [1.82, 2.24) is 0 Å². The van der Waals surface area contributed by atoms with E-state index in [1.54, 1.807) is 0 Å². The Morgan fingerprint density at radius 3 is 2.50 bits per heavy atom. The van der Waals surface area contributed by atoms with Gasteiger partial charge in [-0.3, -0.25) is 0 Å². The van der Waals surface area contributed by atoms with Gasteiger partial charge in [-0.1, -0.05) is 0 Å². The monoisotopic (exact) mass is 158 g/mol. The molecule has 0 spiro atoms. The standard InChI is InChI=1S/C5H10O4.Mg/c1-2-8-3-4-9-5(6)7;/h2-4H2,1H3,(H,6,7);/q;+2. The van der Waals surface area contributed by atoms with E-state index in [4.69, 9.17) is 9.84 Å². The average Bonchev–Trinajstić information content (AvgIpc) is 1.80. The van der Waals surface area contributed by atoms with Crippen LogP contribution in [-0.4, -0.2) is 54.1 Å². The molecule has 1 N–H and O–H groups in total. The Bertz CT molecular complexity index is 85.7. The third-order valence-corrected chi connectivity index (χ3v) is 0.657. The van der Waals surface area contributed by atoms with Gasteiger partial charge in [0.15, 0.2) is 0 Å². The third kappa shape index (κ3) is 10.9. The second-order valence-corrected chi connectivity index (χ2v) is 1.31. The zero-order valence-electron chi connectivity index (χ0n) is 6.00. The normalized spacial score (nSPS) is 8.10. The molecule has 4 nitrogen and oxygen atoms in total. The van der Waals surface area contributed by atoms with Crippen LogP contribution in [0.15, 0.2) is 0 Å². The van der Waals surface area contributed by atoms with E-state index in [2.05, 4.69) is 4.74 Å². The number of rotatable bonds is 4. The molecule has 0 saturated heterocycles. The Balaban J connectivity index is 0. The summed E-state index contributed by atoms with van der Waals surface area (Å²) in [4.78, 5) is 9.68. The molecule has 0 saturated carbocycles. The van der Waals surface area contributed by atoms with Gasteiger partial charge in [0, 0.05) is 6.61 Å². The first kappa shape index (κ1) is 12.7. The summed E-state index contributed by atoms with van der Waals surface area (Å²) in [5, 5.41) is 7.94. The fourth-order valence-corrected chi connectivity index (χ4v) is 0.332. The van der Waals surface area contributed by atoms with Crippen molar-refractivity contribution in [3.8, 4) is 0 Å². The van der Waals surface area contributed by atoms with Crippen LogP contribution in [0.1, 0.15) is 6.92 Å². The van der Waals surface area contributed by atoms with Crippen LogP contribution in [0.25, 0.3) is 0 Å². The van der Waals surface area contributed by atoms with Gasteiger partial charge < -0.3 is 14.6 Å². The Kier molecular flexibility index (Phi) is 11.4. The molecule has 0 aromatic rings. The summed E-state index contributed by atoms with van der Waals surface area (Å²) in [5.41, 5.74) is 0. The fraction of sp³-hybridized carbons (Fsp3) is 0.800. The Morgan fingerprint density at radius 1 is 1.50 bits per heavy atom. The smallest absolute Gasteiger partial charge is 0.450 e. The largest absolute Gasteiger partial charge is 2.00 e. The van der Waals surface area contributed by atoms with Crippen molar-refractivity contribution in [2.75, 3.05) is 19.8 Å². The summed E-state index contributed by atoms with van der Waals surface area (Å²) in [6.45, 7) is 2.87. The van der Waals surface area contributed by atoms with Crippen molar-refractivity contribution >= 4 is 29.2 Å². The van der Waals surface area contributed by atoms with Crippen molar-refractivity contribution in [3.05, 3.63) is 0 Å². The molecule has 0 aliphatic heterocycles. The summed E-state index contributed by atoms with van der Waals surface area (Å²) in [6.07, 6.45) is -1.25. The molecule has 0 atom stereocenters. The van der Waals surface area contributed by atoms with E-state index in [1.807, 2.05) is 6.92 Å². The molecule has 0 aliphatic rings. The van der Waals surface area contributed by atoms with Gasteiger partial charge in [0.25, 0.3) is 0 Å². The predicted octanol–water partition coefficient (Wildman–Crippen LogP) is 0.337. The molecule has 0 unspecified atom stereocenters. The van der Waals surface area contributed by atoms with Crippen LogP contribution >= 0.6 is 0 Å². The Hall–Kier alpha value is -0.00377. The molecule has 0 aromatic heterocycles. The van der Waals surface area contributed by atoms with Crippen LogP contribution in [0.2, 0.25) is 0 Å². The molecular weight excluding hydrogens is 148 g/mol. The summed E-state index contributed by atoms with van der Waals surface area (Å²) in [5.74, 6) is 0. The molecule has 54 valence electrons. The topological polar surface area (TPSA) is 55.8 Å². The second-order valence-electron chi connectivity index (χ2n) is 1.31. The van der Waals surface area contributed by atoms with E-state index in [-0.39, 0.29) is 29.7 Å².